The minimum absolute atomic E-state index is 0.210. The summed E-state index contributed by atoms with van der Waals surface area (Å²) < 4.78 is 0. The molecule has 37 heavy (non-hydrogen) atoms. The fourth-order valence-corrected chi connectivity index (χ4v) is 6.19. The molecule has 1 saturated carbocycles. The zero-order valence-electron chi connectivity index (χ0n) is 21.5. The van der Waals surface area contributed by atoms with Crippen LogP contribution in [0.2, 0.25) is 0 Å². The van der Waals surface area contributed by atoms with Crippen molar-refractivity contribution in [2.45, 2.75) is 56.7 Å². The monoisotopic (exact) mass is 490 g/mol. The van der Waals surface area contributed by atoms with E-state index in [9.17, 15) is 10.2 Å². The summed E-state index contributed by atoms with van der Waals surface area (Å²) in [6, 6.07) is 39.1. The van der Waals surface area contributed by atoms with Crippen LogP contribution in [0.5, 0.6) is 0 Å². The van der Waals surface area contributed by atoms with Crippen LogP contribution in [0.1, 0.15) is 67.7 Å². The lowest BCUT2D eigenvalue weighted by Gasteiger charge is -2.41. The standard InChI is InChI=1S/C35H38O2/c36-34(30-23-21-29(22-24-30)28-12-4-1-5-13-28)18-10-11-27-19-25-33(26-20-27)35(37,31-14-6-2-7-15-31)32-16-8-3-9-17-32/h1-9,12-17,21-24,27,33-34,36-37H,10-11,18-20,25-26H2. The summed E-state index contributed by atoms with van der Waals surface area (Å²) in [6.45, 7) is 0. The summed E-state index contributed by atoms with van der Waals surface area (Å²) in [4.78, 5) is 0. The Hall–Kier alpha value is -3.20. The predicted octanol–water partition coefficient (Wildman–Crippen LogP) is 8.30. The third-order valence-corrected chi connectivity index (χ3v) is 8.36. The third kappa shape index (κ3) is 5.87. The zero-order valence-corrected chi connectivity index (χ0v) is 21.5. The Labute approximate surface area is 221 Å². The summed E-state index contributed by atoms with van der Waals surface area (Å²) in [5.74, 6) is 0.877. The lowest BCUT2D eigenvalue weighted by atomic mass is 9.67. The van der Waals surface area contributed by atoms with Crippen LogP contribution in [0.4, 0.5) is 0 Å². The highest BCUT2D eigenvalue weighted by Crippen LogP contribution is 2.46. The van der Waals surface area contributed by atoms with Gasteiger partial charge in [-0.25, -0.2) is 0 Å². The van der Waals surface area contributed by atoms with Crippen molar-refractivity contribution in [1.82, 2.24) is 0 Å². The van der Waals surface area contributed by atoms with Gasteiger partial charge in [-0.2, -0.15) is 0 Å². The summed E-state index contributed by atoms with van der Waals surface area (Å²) in [5.41, 5.74) is 4.41. The molecule has 0 aromatic heterocycles. The molecule has 190 valence electrons. The van der Waals surface area contributed by atoms with E-state index in [2.05, 4.69) is 72.8 Å². The second-order valence-corrected chi connectivity index (χ2v) is 10.7. The first-order chi connectivity index (χ1) is 18.1. The Balaban J connectivity index is 1.14. The zero-order chi connectivity index (χ0) is 25.5. The van der Waals surface area contributed by atoms with Crippen LogP contribution >= 0.6 is 0 Å². The molecule has 0 radical (unpaired) electrons. The maximum absolute atomic E-state index is 12.1. The van der Waals surface area contributed by atoms with Gasteiger partial charge in [-0.05, 0) is 58.9 Å². The maximum Gasteiger partial charge on any atom is 0.117 e. The van der Waals surface area contributed by atoms with Gasteiger partial charge >= 0.3 is 0 Å². The van der Waals surface area contributed by atoms with E-state index in [1.165, 1.54) is 11.1 Å². The fraction of sp³-hybridized carbons (Fsp3) is 0.314. The smallest absolute Gasteiger partial charge is 0.117 e. The molecule has 4 aromatic rings. The molecule has 0 aliphatic heterocycles. The largest absolute Gasteiger partial charge is 0.388 e. The van der Waals surface area contributed by atoms with Gasteiger partial charge in [0.2, 0.25) is 0 Å². The van der Waals surface area contributed by atoms with Gasteiger partial charge in [-0.1, -0.05) is 141 Å². The van der Waals surface area contributed by atoms with Gasteiger partial charge in [0.05, 0.1) is 6.10 Å². The highest BCUT2D eigenvalue weighted by Gasteiger charge is 2.41. The van der Waals surface area contributed by atoms with Gasteiger partial charge in [0, 0.05) is 0 Å². The van der Waals surface area contributed by atoms with Crippen molar-refractivity contribution < 1.29 is 10.2 Å². The lowest BCUT2D eigenvalue weighted by molar-refractivity contribution is -0.00829. The van der Waals surface area contributed by atoms with Crippen molar-refractivity contribution in [1.29, 1.82) is 0 Å². The summed E-state index contributed by atoms with van der Waals surface area (Å²) in [6.07, 6.45) is 6.86. The number of hydrogen-bond donors (Lipinski definition) is 2. The van der Waals surface area contributed by atoms with Crippen molar-refractivity contribution in [2.24, 2.45) is 11.8 Å². The van der Waals surface area contributed by atoms with Gasteiger partial charge in [-0.3, -0.25) is 0 Å². The first-order valence-corrected chi connectivity index (χ1v) is 13.8. The van der Waals surface area contributed by atoms with Crippen LogP contribution < -0.4 is 0 Å². The van der Waals surface area contributed by atoms with Gasteiger partial charge < -0.3 is 10.2 Å². The molecule has 4 aromatic carbocycles. The van der Waals surface area contributed by atoms with E-state index in [1.54, 1.807) is 0 Å². The van der Waals surface area contributed by atoms with Crippen molar-refractivity contribution in [3.05, 3.63) is 132 Å². The van der Waals surface area contributed by atoms with Crippen molar-refractivity contribution >= 4 is 0 Å². The second kappa shape index (κ2) is 11.9. The molecule has 0 saturated heterocycles. The van der Waals surface area contributed by atoms with Gasteiger partial charge in [0.15, 0.2) is 0 Å². The number of hydrogen-bond acceptors (Lipinski definition) is 2. The second-order valence-electron chi connectivity index (χ2n) is 10.7. The van der Waals surface area contributed by atoms with E-state index in [1.807, 2.05) is 42.5 Å². The Bertz CT molecular complexity index is 1170. The van der Waals surface area contributed by atoms with Crippen molar-refractivity contribution in [2.75, 3.05) is 0 Å². The van der Waals surface area contributed by atoms with Crippen LogP contribution in [-0.4, -0.2) is 10.2 Å². The SMILES string of the molecule is OC(CCCC1CCC(C(O)(c2ccccc2)c2ccccc2)CC1)c1ccc(-c2ccccc2)cc1. The minimum atomic E-state index is -0.949. The Morgan fingerprint density at radius 3 is 1.65 bits per heavy atom. The normalized spacial score (nSPS) is 18.9. The number of aliphatic hydroxyl groups is 2. The molecule has 0 bridgehead atoms. The van der Waals surface area contributed by atoms with E-state index >= 15 is 0 Å². The molecule has 2 N–H and O–H groups in total. The topological polar surface area (TPSA) is 40.5 Å². The molecular weight excluding hydrogens is 452 g/mol. The molecule has 0 amide bonds. The fourth-order valence-electron chi connectivity index (χ4n) is 6.19. The van der Waals surface area contributed by atoms with Crippen molar-refractivity contribution in [3.63, 3.8) is 0 Å². The molecule has 0 spiro atoms. The van der Waals surface area contributed by atoms with Crippen LogP contribution in [0.3, 0.4) is 0 Å². The van der Waals surface area contributed by atoms with Crippen LogP contribution in [0.25, 0.3) is 11.1 Å². The van der Waals surface area contributed by atoms with E-state index in [4.69, 9.17) is 0 Å². The molecule has 2 nitrogen and oxygen atoms in total. The Morgan fingerprint density at radius 2 is 1.11 bits per heavy atom. The molecule has 1 fully saturated rings. The van der Waals surface area contributed by atoms with E-state index < -0.39 is 11.7 Å². The first kappa shape index (κ1) is 25.4. The summed E-state index contributed by atoms with van der Waals surface area (Å²) in [7, 11) is 0. The number of rotatable bonds is 9. The van der Waals surface area contributed by atoms with Crippen LogP contribution in [0.15, 0.2) is 115 Å². The van der Waals surface area contributed by atoms with Crippen molar-refractivity contribution in [3.8, 4) is 11.1 Å². The van der Waals surface area contributed by atoms with E-state index in [0.29, 0.717) is 5.92 Å². The van der Waals surface area contributed by atoms with E-state index in [0.717, 1.165) is 61.6 Å². The summed E-state index contributed by atoms with van der Waals surface area (Å²) in [5, 5.41) is 22.9. The average molecular weight is 491 g/mol. The maximum atomic E-state index is 12.1. The average Bonchev–Trinajstić information content (AvgIpc) is 2.98. The highest BCUT2D eigenvalue weighted by atomic mass is 16.3. The van der Waals surface area contributed by atoms with Gasteiger partial charge in [0.1, 0.15) is 5.60 Å². The Kier molecular flexibility index (Phi) is 8.18. The molecule has 2 heteroatoms. The van der Waals surface area contributed by atoms with Gasteiger partial charge in [-0.15, -0.1) is 0 Å². The van der Waals surface area contributed by atoms with Crippen LogP contribution in [0, 0.1) is 11.8 Å². The first-order valence-electron chi connectivity index (χ1n) is 13.8. The molecule has 0 heterocycles. The summed E-state index contributed by atoms with van der Waals surface area (Å²) >= 11 is 0. The quantitative estimate of drug-likeness (QED) is 0.248. The molecular formula is C35H38O2. The molecule has 1 atom stereocenters. The van der Waals surface area contributed by atoms with Crippen LogP contribution in [-0.2, 0) is 5.60 Å². The predicted molar refractivity (Wildman–Crippen MR) is 152 cm³/mol. The molecule has 5 rings (SSSR count). The Morgan fingerprint density at radius 1 is 0.622 bits per heavy atom. The minimum Gasteiger partial charge on any atom is -0.388 e. The third-order valence-electron chi connectivity index (χ3n) is 8.36. The number of aliphatic hydroxyl groups excluding tert-OH is 1. The lowest BCUT2D eigenvalue weighted by Crippen LogP contribution is -2.38. The molecule has 1 aliphatic carbocycles. The van der Waals surface area contributed by atoms with E-state index in [-0.39, 0.29) is 5.92 Å². The van der Waals surface area contributed by atoms with Gasteiger partial charge in [0.25, 0.3) is 0 Å². The molecule has 1 aliphatic rings. The highest BCUT2D eigenvalue weighted by molar-refractivity contribution is 5.63. The number of benzene rings is 4. The molecule has 1 unspecified atom stereocenters.